The third-order valence-corrected chi connectivity index (χ3v) is 5.57. The molecule has 0 radical (unpaired) electrons. The highest BCUT2D eigenvalue weighted by Crippen LogP contribution is 2.17. The maximum atomic E-state index is 11.6. The number of sulfonamides is 1. The van der Waals surface area contributed by atoms with Crippen LogP contribution in [0.5, 0.6) is 5.75 Å². The number of benzene rings is 2. The zero-order valence-corrected chi connectivity index (χ0v) is 18.3. The molecule has 3 N–H and O–H groups in total. The number of guanidine groups is 1. The number of nitrogens with one attached hydrogen (secondary N) is 3. The molecule has 2 aromatic rings. The van der Waals surface area contributed by atoms with E-state index in [-0.39, 0.29) is 5.75 Å². The molecule has 0 bridgehead atoms. The van der Waals surface area contributed by atoms with Crippen LogP contribution in [0.3, 0.4) is 0 Å². The Morgan fingerprint density at radius 2 is 1.80 bits per heavy atom. The van der Waals surface area contributed by atoms with Crippen LogP contribution in [-0.2, 0) is 28.9 Å². The average molecular weight is 431 g/mol. The number of hydrogen-bond donors (Lipinski definition) is 3. The van der Waals surface area contributed by atoms with Crippen LogP contribution >= 0.6 is 0 Å². The molecule has 0 spiro atoms. The van der Waals surface area contributed by atoms with E-state index in [0.717, 1.165) is 29.0 Å². The Bertz CT molecular complexity index is 941. The molecule has 0 aromatic heterocycles. The van der Waals surface area contributed by atoms with Gasteiger partial charge in [0.1, 0.15) is 12.4 Å². The first-order valence-corrected chi connectivity index (χ1v) is 11.5. The minimum absolute atomic E-state index is 0.0371. The molecule has 0 amide bonds. The van der Waals surface area contributed by atoms with Gasteiger partial charge in [-0.3, -0.25) is 0 Å². The fourth-order valence-corrected chi connectivity index (χ4v) is 3.44. The van der Waals surface area contributed by atoms with Gasteiger partial charge in [-0.2, -0.15) is 0 Å². The first-order chi connectivity index (χ1) is 14.5. The van der Waals surface area contributed by atoms with Gasteiger partial charge in [0.2, 0.25) is 10.0 Å². The molecular formula is C22H30N4O3S. The Hall–Kier alpha value is -2.84. The van der Waals surface area contributed by atoms with E-state index in [4.69, 9.17) is 4.74 Å². The molecule has 0 aliphatic heterocycles. The number of hydrogen-bond acceptors (Lipinski definition) is 4. The monoisotopic (exact) mass is 430 g/mol. The van der Waals surface area contributed by atoms with Crippen molar-refractivity contribution >= 4 is 16.0 Å². The lowest BCUT2D eigenvalue weighted by molar-refractivity contribution is 0.358. The van der Waals surface area contributed by atoms with Gasteiger partial charge in [-0.15, -0.1) is 0 Å². The average Bonchev–Trinajstić information content (AvgIpc) is 2.75. The standard InChI is InChI=1S/C22H30N4O3S/c1-4-14-29-21-9-7-6-8-20(21)16-26-22(24-5-2)25-15-18-10-12-19(13-11-18)17-30(27,28)23-3/h4,6-13,23H,1,5,14-17H2,2-3H3,(H2,24,25,26). The van der Waals surface area contributed by atoms with Crippen LogP contribution in [0, 0.1) is 0 Å². The molecular weight excluding hydrogens is 400 g/mol. The SMILES string of the molecule is C=CCOc1ccccc1CNC(=NCc1ccc(CS(=O)(=O)NC)cc1)NCC. The van der Waals surface area contributed by atoms with Gasteiger partial charge in [-0.1, -0.05) is 55.1 Å². The Labute approximate surface area is 179 Å². The maximum Gasteiger partial charge on any atom is 0.215 e. The van der Waals surface area contributed by atoms with Crippen LogP contribution in [0.2, 0.25) is 0 Å². The summed E-state index contributed by atoms with van der Waals surface area (Å²) in [5, 5.41) is 6.55. The first kappa shape index (κ1) is 23.4. The molecule has 30 heavy (non-hydrogen) atoms. The Balaban J connectivity index is 2.00. The molecule has 2 aromatic carbocycles. The van der Waals surface area contributed by atoms with E-state index in [1.165, 1.54) is 7.05 Å². The molecule has 7 nitrogen and oxygen atoms in total. The lowest BCUT2D eigenvalue weighted by atomic mass is 10.1. The molecule has 0 saturated carbocycles. The molecule has 2 rings (SSSR count). The zero-order valence-electron chi connectivity index (χ0n) is 17.5. The number of nitrogens with zero attached hydrogens (tertiary/aromatic N) is 1. The van der Waals surface area contributed by atoms with Crippen molar-refractivity contribution in [2.45, 2.75) is 25.8 Å². The summed E-state index contributed by atoms with van der Waals surface area (Å²) in [4.78, 5) is 4.62. The van der Waals surface area contributed by atoms with Crippen molar-refractivity contribution in [3.05, 3.63) is 77.9 Å². The molecule has 0 fully saturated rings. The lowest BCUT2D eigenvalue weighted by Gasteiger charge is -2.14. The van der Waals surface area contributed by atoms with Gasteiger partial charge in [0.15, 0.2) is 5.96 Å². The third kappa shape index (κ3) is 7.88. The summed E-state index contributed by atoms with van der Waals surface area (Å²) in [6.45, 7) is 7.93. The number of aliphatic imine (C=N–C) groups is 1. The lowest BCUT2D eigenvalue weighted by Crippen LogP contribution is -2.36. The molecule has 0 unspecified atom stereocenters. The van der Waals surface area contributed by atoms with Crippen molar-refractivity contribution < 1.29 is 13.2 Å². The maximum absolute atomic E-state index is 11.6. The van der Waals surface area contributed by atoms with E-state index >= 15 is 0 Å². The Kier molecular flexibility index (Phi) is 9.37. The van der Waals surface area contributed by atoms with E-state index in [1.54, 1.807) is 6.08 Å². The number of ether oxygens (including phenoxy) is 1. The van der Waals surface area contributed by atoms with Gasteiger partial charge < -0.3 is 15.4 Å². The summed E-state index contributed by atoms with van der Waals surface area (Å²) in [6.07, 6.45) is 1.72. The highest BCUT2D eigenvalue weighted by molar-refractivity contribution is 7.88. The van der Waals surface area contributed by atoms with Crippen molar-refractivity contribution in [2.24, 2.45) is 4.99 Å². The first-order valence-electron chi connectivity index (χ1n) is 9.80. The van der Waals surface area contributed by atoms with Crippen LogP contribution in [0.1, 0.15) is 23.6 Å². The van der Waals surface area contributed by atoms with Gasteiger partial charge in [0, 0.05) is 18.7 Å². The van der Waals surface area contributed by atoms with Crippen LogP contribution < -0.4 is 20.1 Å². The van der Waals surface area contributed by atoms with E-state index < -0.39 is 10.0 Å². The highest BCUT2D eigenvalue weighted by atomic mass is 32.2. The molecule has 0 atom stereocenters. The second-order valence-corrected chi connectivity index (χ2v) is 8.46. The van der Waals surface area contributed by atoms with Gasteiger partial charge in [-0.25, -0.2) is 18.1 Å². The fourth-order valence-electron chi connectivity index (χ4n) is 2.66. The van der Waals surface area contributed by atoms with Gasteiger partial charge in [-0.05, 0) is 31.2 Å². The minimum atomic E-state index is -3.27. The van der Waals surface area contributed by atoms with E-state index in [0.29, 0.717) is 25.7 Å². The zero-order chi connectivity index (χ0) is 21.8. The fraction of sp³-hybridized carbons (Fsp3) is 0.318. The Morgan fingerprint density at radius 3 is 2.47 bits per heavy atom. The summed E-state index contributed by atoms with van der Waals surface area (Å²) < 4.78 is 31.3. The quantitative estimate of drug-likeness (QED) is 0.290. The largest absolute Gasteiger partial charge is 0.489 e. The summed E-state index contributed by atoms with van der Waals surface area (Å²) in [5.41, 5.74) is 2.76. The summed E-state index contributed by atoms with van der Waals surface area (Å²) in [6, 6.07) is 15.3. The van der Waals surface area contributed by atoms with Crippen LogP contribution in [-0.4, -0.2) is 34.6 Å². The van der Waals surface area contributed by atoms with Gasteiger partial charge >= 0.3 is 0 Å². The van der Waals surface area contributed by atoms with Gasteiger partial charge in [0.05, 0.1) is 12.3 Å². The molecule has 8 heteroatoms. The van der Waals surface area contributed by atoms with Crippen molar-refractivity contribution in [2.75, 3.05) is 20.2 Å². The second-order valence-electron chi connectivity index (χ2n) is 6.54. The summed E-state index contributed by atoms with van der Waals surface area (Å²) in [5.74, 6) is 1.47. The minimum Gasteiger partial charge on any atom is -0.489 e. The molecule has 0 aliphatic rings. The molecule has 0 aliphatic carbocycles. The van der Waals surface area contributed by atoms with E-state index in [1.807, 2.05) is 55.5 Å². The predicted molar refractivity (Wildman–Crippen MR) is 122 cm³/mol. The summed E-state index contributed by atoms with van der Waals surface area (Å²) >= 11 is 0. The topological polar surface area (TPSA) is 91.8 Å². The normalized spacial score (nSPS) is 11.7. The number of para-hydroxylation sites is 1. The number of rotatable bonds is 11. The molecule has 0 saturated heterocycles. The van der Waals surface area contributed by atoms with Crippen molar-refractivity contribution in [1.82, 2.24) is 15.4 Å². The van der Waals surface area contributed by atoms with Crippen LogP contribution in [0.15, 0.2) is 66.2 Å². The van der Waals surface area contributed by atoms with Crippen LogP contribution in [0.4, 0.5) is 0 Å². The summed E-state index contributed by atoms with van der Waals surface area (Å²) in [7, 11) is -1.86. The van der Waals surface area contributed by atoms with E-state index in [2.05, 4.69) is 26.9 Å². The van der Waals surface area contributed by atoms with E-state index in [9.17, 15) is 8.42 Å². The molecule has 162 valence electrons. The van der Waals surface area contributed by atoms with Gasteiger partial charge in [0.25, 0.3) is 0 Å². The smallest absolute Gasteiger partial charge is 0.215 e. The molecule has 0 heterocycles. The Morgan fingerprint density at radius 1 is 1.10 bits per heavy atom. The van der Waals surface area contributed by atoms with Crippen molar-refractivity contribution in [3.8, 4) is 5.75 Å². The second kappa shape index (κ2) is 12.0. The van der Waals surface area contributed by atoms with Crippen molar-refractivity contribution in [3.63, 3.8) is 0 Å². The van der Waals surface area contributed by atoms with Crippen LogP contribution in [0.25, 0.3) is 0 Å². The van der Waals surface area contributed by atoms with Crippen molar-refractivity contribution in [1.29, 1.82) is 0 Å². The predicted octanol–water partition coefficient (Wildman–Crippen LogP) is 2.56. The third-order valence-electron chi connectivity index (χ3n) is 4.23. The highest BCUT2D eigenvalue weighted by Gasteiger charge is 2.08.